The van der Waals surface area contributed by atoms with Crippen molar-refractivity contribution >= 4 is 34.9 Å². The molecule has 0 radical (unpaired) electrons. The third kappa shape index (κ3) is 4.30. The van der Waals surface area contributed by atoms with Crippen LogP contribution in [0.4, 0.5) is 29.1 Å². The zero-order valence-corrected chi connectivity index (χ0v) is 17.0. The molecule has 1 saturated carbocycles. The number of anilines is 2. The van der Waals surface area contributed by atoms with Crippen LogP contribution in [0.15, 0.2) is 30.3 Å². The number of aromatic nitrogens is 1. The molecule has 1 N–H and O–H groups in total. The number of benzene rings is 1. The van der Waals surface area contributed by atoms with E-state index in [1.807, 2.05) is 0 Å². The number of carbonyl (C=O) groups excluding carboxylic acids is 2. The number of nitrogens with one attached hydrogen (secondary N) is 1. The van der Waals surface area contributed by atoms with Crippen molar-refractivity contribution in [2.24, 2.45) is 0 Å². The first-order valence-corrected chi connectivity index (χ1v) is 9.85. The van der Waals surface area contributed by atoms with Crippen LogP contribution in [-0.2, 0) is 15.8 Å². The van der Waals surface area contributed by atoms with Crippen molar-refractivity contribution in [1.29, 1.82) is 0 Å². The summed E-state index contributed by atoms with van der Waals surface area (Å²) in [4.78, 5) is 31.0. The molecule has 1 aromatic heterocycles. The summed E-state index contributed by atoms with van der Waals surface area (Å²) in [7, 11) is 0. The van der Waals surface area contributed by atoms with Crippen LogP contribution in [0.2, 0.25) is 5.02 Å². The molecule has 2 amide bonds. The largest absolute Gasteiger partial charge is 0.416 e. The van der Waals surface area contributed by atoms with E-state index in [4.69, 9.17) is 11.6 Å². The van der Waals surface area contributed by atoms with Gasteiger partial charge in [-0.15, -0.1) is 0 Å². The minimum Gasteiger partial charge on any atom is -0.307 e. The van der Waals surface area contributed by atoms with E-state index in [1.165, 1.54) is 24.0 Å². The topological polar surface area (TPSA) is 65.5 Å². The number of halogens is 5. The lowest BCUT2D eigenvalue weighted by Gasteiger charge is -2.30. The van der Waals surface area contributed by atoms with Gasteiger partial charge in [0.2, 0.25) is 5.91 Å². The van der Waals surface area contributed by atoms with Crippen LogP contribution in [-0.4, -0.2) is 28.9 Å². The molecule has 31 heavy (non-hydrogen) atoms. The maximum Gasteiger partial charge on any atom is 0.416 e. The zero-order chi connectivity index (χ0) is 22.5. The van der Waals surface area contributed by atoms with Gasteiger partial charge < -0.3 is 4.90 Å². The van der Waals surface area contributed by atoms with Gasteiger partial charge in [0.05, 0.1) is 17.0 Å². The number of hydrogen-bond donors (Lipinski definition) is 1. The third-order valence-electron chi connectivity index (χ3n) is 5.07. The fourth-order valence-corrected chi connectivity index (χ4v) is 3.70. The van der Waals surface area contributed by atoms with Gasteiger partial charge in [-0.2, -0.15) is 13.2 Å². The Morgan fingerprint density at radius 2 is 1.97 bits per heavy atom. The Labute approximate surface area is 179 Å². The molecule has 1 aliphatic carbocycles. The Morgan fingerprint density at radius 1 is 1.26 bits per heavy atom. The smallest absolute Gasteiger partial charge is 0.307 e. The highest BCUT2D eigenvalue weighted by molar-refractivity contribution is 6.31. The van der Waals surface area contributed by atoms with E-state index in [0.717, 1.165) is 23.2 Å². The van der Waals surface area contributed by atoms with Gasteiger partial charge in [-0.05, 0) is 50.1 Å². The van der Waals surface area contributed by atoms with Gasteiger partial charge in [0.1, 0.15) is 17.7 Å². The molecule has 1 unspecified atom stereocenters. The first kappa shape index (κ1) is 21.4. The SMILES string of the molecule is Cc1cc(C(F)(F)F)cc(N2NC(=O)CC2C(=O)N(c2ccc(F)c(Cl)c2)C2CC2)n1. The summed E-state index contributed by atoms with van der Waals surface area (Å²) in [5.41, 5.74) is 1.92. The summed E-state index contributed by atoms with van der Waals surface area (Å²) in [6.07, 6.45) is -3.46. The summed E-state index contributed by atoms with van der Waals surface area (Å²) in [5, 5.41) is 0.900. The Morgan fingerprint density at radius 3 is 2.58 bits per heavy atom. The first-order valence-electron chi connectivity index (χ1n) is 9.47. The third-order valence-corrected chi connectivity index (χ3v) is 5.36. The number of aryl methyl sites for hydroxylation is 1. The summed E-state index contributed by atoms with van der Waals surface area (Å²) >= 11 is 5.87. The van der Waals surface area contributed by atoms with Crippen LogP contribution in [0.5, 0.6) is 0 Å². The molecule has 2 fully saturated rings. The predicted octanol–water partition coefficient (Wildman–Crippen LogP) is 4.01. The Balaban J connectivity index is 1.70. The summed E-state index contributed by atoms with van der Waals surface area (Å²) in [6, 6.07) is 4.24. The molecule has 2 aromatic rings. The zero-order valence-electron chi connectivity index (χ0n) is 16.2. The lowest BCUT2D eigenvalue weighted by molar-refractivity contribution is -0.137. The van der Waals surface area contributed by atoms with Crippen LogP contribution < -0.4 is 15.3 Å². The van der Waals surface area contributed by atoms with Gasteiger partial charge in [0.25, 0.3) is 5.91 Å². The molecular weight excluding hydrogens is 440 g/mol. The minimum absolute atomic E-state index is 0.0848. The maximum absolute atomic E-state index is 13.6. The molecule has 11 heteroatoms. The molecule has 2 heterocycles. The summed E-state index contributed by atoms with van der Waals surface area (Å²) in [5.74, 6) is -1.87. The number of pyridine rings is 1. The number of hydrogen-bond acceptors (Lipinski definition) is 4. The number of nitrogens with zero attached hydrogens (tertiary/aromatic N) is 3. The van der Waals surface area contributed by atoms with Gasteiger partial charge in [0.15, 0.2) is 0 Å². The molecule has 4 rings (SSSR count). The minimum atomic E-state index is -4.61. The van der Waals surface area contributed by atoms with Crippen molar-refractivity contribution in [2.45, 2.75) is 44.4 Å². The van der Waals surface area contributed by atoms with Gasteiger partial charge in [-0.1, -0.05) is 11.6 Å². The monoisotopic (exact) mass is 456 g/mol. The van der Waals surface area contributed by atoms with E-state index in [9.17, 15) is 27.2 Å². The summed E-state index contributed by atoms with van der Waals surface area (Å²) in [6.45, 7) is 1.39. The molecule has 1 aromatic carbocycles. The van der Waals surface area contributed by atoms with Gasteiger partial charge >= 0.3 is 6.18 Å². The molecule has 164 valence electrons. The second kappa shape index (κ2) is 7.67. The lowest BCUT2D eigenvalue weighted by atomic mass is 10.1. The van der Waals surface area contributed by atoms with Crippen molar-refractivity contribution in [2.75, 3.05) is 9.91 Å². The van der Waals surface area contributed by atoms with Crippen molar-refractivity contribution in [1.82, 2.24) is 10.4 Å². The summed E-state index contributed by atoms with van der Waals surface area (Å²) < 4.78 is 53.3. The highest BCUT2D eigenvalue weighted by Crippen LogP contribution is 2.36. The van der Waals surface area contributed by atoms with E-state index in [-0.39, 0.29) is 29.0 Å². The highest BCUT2D eigenvalue weighted by atomic mass is 35.5. The standard InChI is InChI=1S/C20H17ClF4N4O2/c1-10-6-11(20(23,24)25)7-17(26-10)29-16(9-18(30)27-29)19(31)28(12-2-3-12)13-4-5-15(22)14(21)8-13/h4-8,12,16H,2-3,9H2,1H3,(H,27,30). The first-order chi connectivity index (χ1) is 14.5. The van der Waals surface area contributed by atoms with Crippen LogP contribution in [0, 0.1) is 12.7 Å². The van der Waals surface area contributed by atoms with Crippen molar-refractivity contribution < 1.29 is 27.2 Å². The van der Waals surface area contributed by atoms with E-state index >= 15 is 0 Å². The van der Waals surface area contributed by atoms with Crippen molar-refractivity contribution in [3.63, 3.8) is 0 Å². The Bertz CT molecular complexity index is 1060. The maximum atomic E-state index is 13.6. The second-order valence-corrected chi connectivity index (χ2v) is 7.92. The van der Waals surface area contributed by atoms with Crippen LogP contribution in [0.3, 0.4) is 0 Å². The van der Waals surface area contributed by atoms with Gasteiger partial charge in [-0.3, -0.25) is 20.0 Å². The molecule has 1 saturated heterocycles. The number of carbonyl (C=O) groups is 2. The predicted molar refractivity (Wildman–Crippen MR) is 105 cm³/mol. The van der Waals surface area contributed by atoms with Crippen LogP contribution in [0.1, 0.15) is 30.5 Å². The van der Waals surface area contributed by atoms with Gasteiger partial charge in [-0.25, -0.2) is 9.37 Å². The molecule has 2 aliphatic rings. The van der Waals surface area contributed by atoms with Gasteiger partial charge in [0, 0.05) is 17.4 Å². The molecule has 1 atom stereocenters. The molecule has 0 spiro atoms. The van der Waals surface area contributed by atoms with E-state index in [1.54, 1.807) is 0 Å². The number of amides is 2. The second-order valence-electron chi connectivity index (χ2n) is 7.52. The van der Waals surface area contributed by atoms with Crippen molar-refractivity contribution in [3.8, 4) is 0 Å². The molecule has 1 aliphatic heterocycles. The highest BCUT2D eigenvalue weighted by Gasteiger charge is 2.44. The van der Waals surface area contributed by atoms with Crippen molar-refractivity contribution in [3.05, 3.63) is 52.4 Å². The Kier molecular flexibility index (Phi) is 5.28. The number of alkyl halides is 3. The molecule has 6 nitrogen and oxygen atoms in total. The van der Waals surface area contributed by atoms with Crippen LogP contribution >= 0.6 is 11.6 Å². The Hall–Kier alpha value is -2.88. The average molecular weight is 457 g/mol. The quantitative estimate of drug-likeness (QED) is 0.706. The van der Waals surface area contributed by atoms with E-state index < -0.39 is 35.4 Å². The average Bonchev–Trinajstić information content (AvgIpc) is 3.43. The molecular formula is C20H17ClF4N4O2. The van der Waals surface area contributed by atoms with E-state index in [2.05, 4.69) is 10.4 Å². The molecule has 0 bridgehead atoms. The van der Waals surface area contributed by atoms with E-state index in [0.29, 0.717) is 18.5 Å². The fourth-order valence-electron chi connectivity index (χ4n) is 3.52. The number of hydrazine groups is 1. The number of rotatable bonds is 4. The van der Waals surface area contributed by atoms with Crippen LogP contribution in [0.25, 0.3) is 0 Å². The normalized spacial score (nSPS) is 18.8. The lowest BCUT2D eigenvalue weighted by Crippen LogP contribution is -2.50. The fraction of sp³-hybridized carbons (Fsp3) is 0.350.